The van der Waals surface area contributed by atoms with Crippen molar-refractivity contribution in [2.24, 2.45) is 0 Å². The van der Waals surface area contributed by atoms with Gasteiger partial charge in [0.2, 0.25) is 0 Å². The standard InChI is InChI=1S/C19H23N3O2/c1-15-17(6-3-7-18(15)24-2)19(23)22-11-9-21(10-12-22)14-16-5-4-8-20-13-16/h3-8,13H,9-12,14H2,1-2H3. The van der Waals surface area contributed by atoms with Crippen LogP contribution in [-0.4, -0.2) is 54.0 Å². The van der Waals surface area contributed by atoms with Crippen molar-refractivity contribution in [3.63, 3.8) is 0 Å². The highest BCUT2D eigenvalue weighted by atomic mass is 16.5. The molecule has 1 amide bonds. The lowest BCUT2D eigenvalue weighted by Gasteiger charge is -2.35. The Kier molecular flexibility index (Phi) is 5.11. The normalized spacial score (nSPS) is 15.3. The van der Waals surface area contributed by atoms with Crippen molar-refractivity contribution < 1.29 is 9.53 Å². The molecule has 1 aromatic heterocycles. The highest BCUT2D eigenvalue weighted by Crippen LogP contribution is 2.22. The van der Waals surface area contributed by atoms with Crippen LogP contribution in [0.1, 0.15) is 21.5 Å². The van der Waals surface area contributed by atoms with Gasteiger partial charge in [-0.25, -0.2) is 0 Å². The maximum Gasteiger partial charge on any atom is 0.254 e. The molecule has 0 saturated carbocycles. The molecular weight excluding hydrogens is 302 g/mol. The summed E-state index contributed by atoms with van der Waals surface area (Å²) in [6, 6.07) is 9.68. The van der Waals surface area contributed by atoms with Gasteiger partial charge in [0.25, 0.3) is 5.91 Å². The molecule has 0 spiro atoms. The molecule has 0 N–H and O–H groups in total. The Labute approximate surface area is 142 Å². The number of hydrogen-bond acceptors (Lipinski definition) is 4. The van der Waals surface area contributed by atoms with E-state index in [-0.39, 0.29) is 5.91 Å². The van der Waals surface area contributed by atoms with Gasteiger partial charge >= 0.3 is 0 Å². The number of nitrogens with zero attached hydrogens (tertiary/aromatic N) is 3. The molecule has 0 atom stereocenters. The predicted molar refractivity (Wildman–Crippen MR) is 93.1 cm³/mol. The van der Waals surface area contributed by atoms with Crippen LogP contribution in [0.3, 0.4) is 0 Å². The highest BCUT2D eigenvalue weighted by molar-refractivity contribution is 5.96. The molecule has 0 unspecified atom stereocenters. The smallest absolute Gasteiger partial charge is 0.254 e. The van der Waals surface area contributed by atoms with Crippen LogP contribution in [0.15, 0.2) is 42.7 Å². The summed E-state index contributed by atoms with van der Waals surface area (Å²) < 4.78 is 5.32. The first-order valence-electron chi connectivity index (χ1n) is 8.23. The van der Waals surface area contributed by atoms with Gasteiger partial charge in [0, 0.05) is 56.2 Å². The average Bonchev–Trinajstić information content (AvgIpc) is 2.63. The first-order valence-corrected chi connectivity index (χ1v) is 8.23. The fraction of sp³-hybridized carbons (Fsp3) is 0.368. The highest BCUT2D eigenvalue weighted by Gasteiger charge is 2.23. The molecule has 5 nitrogen and oxygen atoms in total. The van der Waals surface area contributed by atoms with Crippen molar-refractivity contribution in [2.75, 3.05) is 33.3 Å². The second-order valence-corrected chi connectivity index (χ2v) is 6.06. The van der Waals surface area contributed by atoms with Crippen LogP contribution < -0.4 is 4.74 Å². The minimum Gasteiger partial charge on any atom is -0.496 e. The largest absolute Gasteiger partial charge is 0.496 e. The zero-order valence-corrected chi connectivity index (χ0v) is 14.2. The second kappa shape index (κ2) is 7.45. The number of amides is 1. The SMILES string of the molecule is COc1cccc(C(=O)N2CCN(Cc3cccnc3)CC2)c1C. The summed E-state index contributed by atoms with van der Waals surface area (Å²) in [6.07, 6.45) is 3.69. The van der Waals surface area contributed by atoms with Gasteiger partial charge in [0.15, 0.2) is 0 Å². The maximum atomic E-state index is 12.8. The summed E-state index contributed by atoms with van der Waals surface area (Å²) in [6.45, 7) is 6.07. The van der Waals surface area contributed by atoms with Crippen molar-refractivity contribution in [3.8, 4) is 5.75 Å². The van der Waals surface area contributed by atoms with E-state index in [2.05, 4.69) is 16.0 Å². The van der Waals surface area contributed by atoms with Crippen LogP contribution in [0.4, 0.5) is 0 Å². The van der Waals surface area contributed by atoms with Crippen molar-refractivity contribution in [2.45, 2.75) is 13.5 Å². The van der Waals surface area contributed by atoms with Crippen LogP contribution in [0.2, 0.25) is 0 Å². The summed E-state index contributed by atoms with van der Waals surface area (Å²) in [4.78, 5) is 21.2. The quantitative estimate of drug-likeness (QED) is 0.866. The molecule has 1 saturated heterocycles. The van der Waals surface area contributed by atoms with Gasteiger partial charge in [0.05, 0.1) is 7.11 Å². The zero-order chi connectivity index (χ0) is 16.9. The van der Waals surface area contributed by atoms with Gasteiger partial charge in [-0.3, -0.25) is 14.7 Å². The van der Waals surface area contributed by atoms with Gasteiger partial charge in [0.1, 0.15) is 5.75 Å². The van der Waals surface area contributed by atoms with Crippen molar-refractivity contribution in [1.82, 2.24) is 14.8 Å². The molecule has 3 rings (SSSR count). The zero-order valence-electron chi connectivity index (χ0n) is 14.2. The van der Waals surface area contributed by atoms with Crippen LogP contribution in [0.25, 0.3) is 0 Å². The molecule has 2 aromatic rings. The Morgan fingerprint density at radius 3 is 2.62 bits per heavy atom. The number of ether oxygens (including phenoxy) is 1. The number of benzene rings is 1. The minimum absolute atomic E-state index is 0.0902. The van der Waals surface area contributed by atoms with Crippen LogP contribution in [-0.2, 0) is 6.54 Å². The van der Waals surface area contributed by atoms with Gasteiger partial charge in [-0.15, -0.1) is 0 Å². The fourth-order valence-electron chi connectivity index (χ4n) is 3.10. The third-order valence-electron chi connectivity index (χ3n) is 4.52. The number of carbonyl (C=O) groups excluding carboxylic acids is 1. The van der Waals surface area contributed by atoms with E-state index >= 15 is 0 Å². The molecular formula is C19H23N3O2. The lowest BCUT2D eigenvalue weighted by Crippen LogP contribution is -2.48. The second-order valence-electron chi connectivity index (χ2n) is 6.06. The predicted octanol–water partition coefficient (Wildman–Crippen LogP) is 2.36. The number of hydrogen-bond donors (Lipinski definition) is 0. The number of methoxy groups -OCH3 is 1. The lowest BCUT2D eigenvalue weighted by atomic mass is 10.1. The third-order valence-corrected chi connectivity index (χ3v) is 4.52. The van der Waals surface area contributed by atoms with E-state index in [9.17, 15) is 4.79 Å². The van der Waals surface area contributed by atoms with E-state index < -0.39 is 0 Å². The van der Waals surface area contributed by atoms with Gasteiger partial charge in [-0.1, -0.05) is 12.1 Å². The summed E-state index contributed by atoms with van der Waals surface area (Å²) >= 11 is 0. The summed E-state index contributed by atoms with van der Waals surface area (Å²) in [5, 5.41) is 0. The Bertz CT molecular complexity index is 695. The van der Waals surface area contributed by atoms with E-state index in [1.54, 1.807) is 13.3 Å². The van der Waals surface area contributed by atoms with Crippen LogP contribution >= 0.6 is 0 Å². The number of piperazine rings is 1. The fourth-order valence-corrected chi connectivity index (χ4v) is 3.10. The first-order chi connectivity index (χ1) is 11.7. The molecule has 1 aromatic carbocycles. The van der Waals surface area contributed by atoms with Gasteiger partial charge < -0.3 is 9.64 Å². The van der Waals surface area contributed by atoms with Crippen LogP contribution in [0.5, 0.6) is 5.75 Å². The molecule has 0 aliphatic carbocycles. The number of aromatic nitrogens is 1. The molecule has 24 heavy (non-hydrogen) atoms. The monoisotopic (exact) mass is 325 g/mol. The molecule has 126 valence electrons. The summed E-state index contributed by atoms with van der Waals surface area (Å²) in [5.41, 5.74) is 2.85. The maximum absolute atomic E-state index is 12.8. The van der Waals surface area contributed by atoms with E-state index in [0.29, 0.717) is 0 Å². The number of carbonyl (C=O) groups is 1. The Balaban J connectivity index is 1.61. The van der Waals surface area contributed by atoms with Gasteiger partial charge in [-0.05, 0) is 30.7 Å². The van der Waals surface area contributed by atoms with Gasteiger partial charge in [-0.2, -0.15) is 0 Å². The van der Waals surface area contributed by atoms with Crippen molar-refractivity contribution in [3.05, 3.63) is 59.4 Å². The minimum atomic E-state index is 0.0902. The molecule has 0 radical (unpaired) electrons. The summed E-state index contributed by atoms with van der Waals surface area (Å²) in [5.74, 6) is 0.850. The first kappa shape index (κ1) is 16.5. The number of pyridine rings is 1. The Morgan fingerprint density at radius 1 is 1.17 bits per heavy atom. The lowest BCUT2D eigenvalue weighted by molar-refractivity contribution is 0.0627. The molecule has 1 aliphatic rings. The molecule has 0 bridgehead atoms. The van der Waals surface area contributed by atoms with E-state index in [1.807, 2.05) is 42.3 Å². The van der Waals surface area contributed by atoms with E-state index in [1.165, 1.54) is 5.56 Å². The Morgan fingerprint density at radius 2 is 1.96 bits per heavy atom. The van der Waals surface area contributed by atoms with Crippen LogP contribution in [0, 0.1) is 6.92 Å². The molecule has 1 fully saturated rings. The Hall–Kier alpha value is -2.40. The third kappa shape index (κ3) is 3.57. The molecule has 5 heteroatoms. The molecule has 2 heterocycles. The average molecular weight is 325 g/mol. The van der Waals surface area contributed by atoms with E-state index in [0.717, 1.165) is 49.6 Å². The molecule has 1 aliphatic heterocycles. The van der Waals surface area contributed by atoms with Crippen molar-refractivity contribution in [1.29, 1.82) is 0 Å². The summed E-state index contributed by atoms with van der Waals surface area (Å²) in [7, 11) is 1.63. The van der Waals surface area contributed by atoms with Crippen molar-refractivity contribution >= 4 is 5.91 Å². The topological polar surface area (TPSA) is 45.7 Å². The van der Waals surface area contributed by atoms with E-state index in [4.69, 9.17) is 4.74 Å². The number of rotatable bonds is 4.